The average Bonchev–Trinajstić information content (AvgIpc) is 3.00. The zero-order valence-corrected chi connectivity index (χ0v) is 13.3. The molecule has 8 heteroatoms. The van der Waals surface area contributed by atoms with Crippen LogP contribution < -0.4 is 15.4 Å². The Morgan fingerprint density at radius 2 is 2.26 bits per heavy atom. The number of nitrogens with one attached hydrogen (secondary N) is 2. The van der Waals surface area contributed by atoms with Crippen molar-refractivity contribution in [1.82, 2.24) is 25.4 Å². The van der Waals surface area contributed by atoms with Gasteiger partial charge in [-0.3, -0.25) is 0 Å². The van der Waals surface area contributed by atoms with Crippen LogP contribution in [0.4, 0.5) is 9.18 Å². The molecule has 1 aromatic heterocycles. The molecule has 2 rings (SSSR count). The van der Waals surface area contributed by atoms with E-state index in [0.29, 0.717) is 11.4 Å². The van der Waals surface area contributed by atoms with Gasteiger partial charge in [-0.1, -0.05) is 6.07 Å². The van der Waals surface area contributed by atoms with Crippen molar-refractivity contribution in [3.05, 3.63) is 41.7 Å². The van der Waals surface area contributed by atoms with Gasteiger partial charge in [-0.25, -0.2) is 9.18 Å². The molecule has 1 atom stereocenters. The van der Waals surface area contributed by atoms with Crippen LogP contribution in [0, 0.1) is 5.82 Å². The zero-order valence-electron chi connectivity index (χ0n) is 13.3. The van der Waals surface area contributed by atoms with E-state index in [1.807, 2.05) is 11.5 Å². The van der Waals surface area contributed by atoms with E-state index in [2.05, 4.69) is 20.8 Å². The molecule has 0 spiro atoms. The van der Waals surface area contributed by atoms with Gasteiger partial charge in [-0.15, -0.1) is 10.2 Å². The number of nitrogens with zero attached hydrogens (tertiary/aromatic N) is 3. The predicted octanol–water partition coefficient (Wildman–Crippen LogP) is 2.01. The van der Waals surface area contributed by atoms with Gasteiger partial charge < -0.3 is 19.9 Å². The number of aryl methyl sites for hydroxylation is 1. The minimum absolute atomic E-state index is 0.171. The molecule has 124 valence electrons. The van der Waals surface area contributed by atoms with Gasteiger partial charge in [0, 0.05) is 6.54 Å². The number of rotatable bonds is 6. The Hall–Kier alpha value is -2.64. The van der Waals surface area contributed by atoms with Crippen LogP contribution in [0.25, 0.3) is 0 Å². The molecule has 2 amide bonds. The van der Waals surface area contributed by atoms with Gasteiger partial charge >= 0.3 is 6.03 Å². The molecule has 0 aliphatic heterocycles. The van der Waals surface area contributed by atoms with Crippen LogP contribution in [-0.4, -0.2) is 27.9 Å². The second-order valence-electron chi connectivity index (χ2n) is 4.98. The minimum Gasteiger partial charge on any atom is -0.494 e. The van der Waals surface area contributed by atoms with Gasteiger partial charge in [0.2, 0.25) is 0 Å². The van der Waals surface area contributed by atoms with Gasteiger partial charge in [0.1, 0.15) is 6.33 Å². The van der Waals surface area contributed by atoms with E-state index in [-0.39, 0.29) is 24.4 Å². The van der Waals surface area contributed by atoms with Gasteiger partial charge in [0.25, 0.3) is 0 Å². The maximum absolute atomic E-state index is 13.7. The first kappa shape index (κ1) is 16.7. The van der Waals surface area contributed by atoms with Crippen molar-refractivity contribution in [2.45, 2.75) is 33.0 Å². The topological polar surface area (TPSA) is 81.1 Å². The second-order valence-corrected chi connectivity index (χ2v) is 4.98. The third-order valence-corrected chi connectivity index (χ3v) is 3.47. The first-order chi connectivity index (χ1) is 11.0. The molecule has 0 saturated carbocycles. The SMILES string of the molecule is CCn1cnnc1CNC(=O)N[C@@H](C)c1ccc(OC)c(F)c1. The summed E-state index contributed by atoms with van der Waals surface area (Å²) in [6.45, 7) is 4.74. The summed E-state index contributed by atoms with van der Waals surface area (Å²) in [5.41, 5.74) is 0.648. The highest BCUT2D eigenvalue weighted by Crippen LogP contribution is 2.21. The Morgan fingerprint density at radius 1 is 1.48 bits per heavy atom. The molecule has 0 bridgehead atoms. The number of hydrogen-bond acceptors (Lipinski definition) is 4. The molecule has 2 N–H and O–H groups in total. The number of hydrogen-bond donors (Lipinski definition) is 2. The first-order valence-corrected chi connectivity index (χ1v) is 7.29. The third kappa shape index (κ3) is 4.18. The number of carbonyl (C=O) groups is 1. The molecule has 23 heavy (non-hydrogen) atoms. The molecular formula is C15H20FN5O2. The van der Waals surface area contributed by atoms with Crippen molar-refractivity contribution in [3.63, 3.8) is 0 Å². The molecule has 2 aromatic rings. The number of aromatic nitrogens is 3. The van der Waals surface area contributed by atoms with Crippen LogP contribution in [0.1, 0.15) is 31.3 Å². The second kappa shape index (κ2) is 7.57. The fraction of sp³-hybridized carbons (Fsp3) is 0.400. The summed E-state index contributed by atoms with van der Waals surface area (Å²) in [6, 6.07) is 3.88. The van der Waals surface area contributed by atoms with Crippen molar-refractivity contribution in [1.29, 1.82) is 0 Å². The fourth-order valence-corrected chi connectivity index (χ4v) is 2.12. The number of ether oxygens (including phenoxy) is 1. The van der Waals surface area contributed by atoms with Crippen LogP contribution in [0.2, 0.25) is 0 Å². The number of halogens is 1. The van der Waals surface area contributed by atoms with Crippen LogP contribution in [0.5, 0.6) is 5.75 Å². The Kier molecular flexibility index (Phi) is 5.51. The van der Waals surface area contributed by atoms with Crippen molar-refractivity contribution in [2.24, 2.45) is 0 Å². The molecule has 1 heterocycles. The van der Waals surface area contributed by atoms with E-state index in [1.165, 1.54) is 19.2 Å². The molecule has 0 aliphatic rings. The maximum atomic E-state index is 13.7. The largest absolute Gasteiger partial charge is 0.494 e. The summed E-state index contributed by atoms with van der Waals surface area (Å²) in [5.74, 6) is 0.380. The van der Waals surface area contributed by atoms with Crippen molar-refractivity contribution in [3.8, 4) is 5.75 Å². The molecule has 0 fully saturated rings. The standard InChI is InChI=1S/C15H20FN5O2/c1-4-21-9-18-20-14(21)8-17-15(22)19-10(2)11-5-6-13(23-3)12(16)7-11/h5-7,9-10H,4,8H2,1-3H3,(H2,17,19,22)/t10-/m0/s1. The molecule has 0 saturated heterocycles. The molecule has 7 nitrogen and oxygen atoms in total. The summed E-state index contributed by atoms with van der Waals surface area (Å²) in [7, 11) is 1.41. The van der Waals surface area contributed by atoms with E-state index in [4.69, 9.17) is 4.74 Å². The minimum atomic E-state index is -0.463. The van der Waals surface area contributed by atoms with E-state index >= 15 is 0 Å². The van der Waals surface area contributed by atoms with Crippen LogP contribution in [0.3, 0.4) is 0 Å². The molecule has 0 aliphatic carbocycles. The summed E-state index contributed by atoms with van der Waals surface area (Å²) in [4.78, 5) is 11.9. The molecule has 0 radical (unpaired) electrons. The average molecular weight is 321 g/mol. The number of benzene rings is 1. The Balaban J connectivity index is 1.90. The lowest BCUT2D eigenvalue weighted by Crippen LogP contribution is -2.37. The van der Waals surface area contributed by atoms with E-state index in [0.717, 1.165) is 6.54 Å². The van der Waals surface area contributed by atoms with E-state index < -0.39 is 5.82 Å². The maximum Gasteiger partial charge on any atom is 0.315 e. The van der Waals surface area contributed by atoms with Crippen molar-refractivity contribution < 1.29 is 13.9 Å². The molecule has 0 unspecified atom stereocenters. The monoisotopic (exact) mass is 321 g/mol. The Labute approximate surface area is 133 Å². The molecule has 1 aromatic carbocycles. The van der Waals surface area contributed by atoms with Crippen LogP contribution in [0.15, 0.2) is 24.5 Å². The van der Waals surface area contributed by atoms with Crippen molar-refractivity contribution in [2.75, 3.05) is 7.11 Å². The lowest BCUT2D eigenvalue weighted by atomic mass is 10.1. The van der Waals surface area contributed by atoms with Crippen molar-refractivity contribution >= 4 is 6.03 Å². The highest BCUT2D eigenvalue weighted by atomic mass is 19.1. The van der Waals surface area contributed by atoms with E-state index in [1.54, 1.807) is 19.3 Å². The zero-order chi connectivity index (χ0) is 16.8. The summed E-state index contributed by atoms with van der Waals surface area (Å²) < 4.78 is 20.4. The van der Waals surface area contributed by atoms with Gasteiger partial charge in [0.15, 0.2) is 17.4 Å². The first-order valence-electron chi connectivity index (χ1n) is 7.29. The third-order valence-electron chi connectivity index (χ3n) is 3.47. The number of methoxy groups -OCH3 is 1. The van der Waals surface area contributed by atoms with Crippen LogP contribution in [-0.2, 0) is 13.1 Å². The summed E-state index contributed by atoms with van der Waals surface area (Å²) in [5, 5.41) is 13.2. The highest BCUT2D eigenvalue weighted by Gasteiger charge is 2.13. The normalized spacial score (nSPS) is 11.8. The number of carbonyl (C=O) groups excluding carboxylic acids is 1. The van der Waals surface area contributed by atoms with Gasteiger partial charge in [-0.05, 0) is 31.5 Å². The van der Waals surface area contributed by atoms with Gasteiger partial charge in [-0.2, -0.15) is 0 Å². The van der Waals surface area contributed by atoms with Gasteiger partial charge in [0.05, 0.1) is 19.7 Å². The Morgan fingerprint density at radius 3 is 2.91 bits per heavy atom. The lowest BCUT2D eigenvalue weighted by molar-refractivity contribution is 0.237. The summed E-state index contributed by atoms with van der Waals surface area (Å²) >= 11 is 0. The molecular weight excluding hydrogens is 301 g/mol. The lowest BCUT2D eigenvalue weighted by Gasteiger charge is -2.16. The summed E-state index contributed by atoms with van der Waals surface area (Å²) in [6.07, 6.45) is 1.61. The Bertz CT molecular complexity index is 674. The number of urea groups is 1. The smallest absolute Gasteiger partial charge is 0.315 e. The predicted molar refractivity (Wildman–Crippen MR) is 82.4 cm³/mol. The fourth-order valence-electron chi connectivity index (χ4n) is 2.12. The highest BCUT2D eigenvalue weighted by molar-refractivity contribution is 5.74. The van der Waals surface area contributed by atoms with Crippen LogP contribution >= 0.6 is 0 Å². The van der Waals surface area contributed by atoms with E-state index in [9.17, 15) is 9.18 Å². The number of amides is 2. The quantitative estimate of drug-likeness (QED) is 0.853.